The van der Waals surface area contributed by atoms with Gasteiger partial charge in [0.05, 0.1) is 0 Å². The number of aryl methyl sites for hydroxylation is 1. The van der Waals surface area contributed by atoms with Gasteiger partial charge in [0, 0.05) is 24.1 Å². The maximum Gasteiger partial charge on any atom is 0.248 e. The predicted molar refractivity (Wildman–Crippen MR) is 74.7 cm³/mol. The fourth-order valence-electron chi connectivity index (χ4n) is 1.54. The Morgan fingerprint density at radius 1 is 1.42 bits per heavy atom. The molecule has 4 N–H and O–H groups in total. The van der Waals surface area contributed by atoms with Crippen LogP contribution >= 0.6 is 11.8 Å². The zero-order valence-electron chi connectivity index (χ0n) is 10.8. The molecule has 100 valence electrons. The number of primary amides is 1. The van der Waals surface area contributed by atoms with Gasteiger partial charge in [-0.2, -0.15) is 0 Å². The van der Waals surface area contributed by atoms with E-state index in [0.717, 1.165) is 16.5 Å². The van der Waals surface area contributed by atoms with E-state index >= 15 is 0 Å². The minimum atomic E-state index is -0.477. The maximum absolute atomic E-state index is 11.0. The van der Waals surface area contributed by atoms with Gasteiger partial charge in [-0.3, -0.25) is 4.79 Å². The molecule has 0 saturated carbocycles. The lowest BCUT2D eigenvalue weighted by Gasteiger charge is -2.06. The van der Waals surface area contributed by atoms with Crippen molar-refractivity contribution in [3.8, 4) is 0 Å². The lowest BCUT2D eigenvalue weighted by atomic mass is 10.1. The van der Waals surface area contributed by atoms with Crippen molar-refractivity contribution in [1.29, 1.82) is 0 Å². The fraction of sp³-hybridized carbons (Fsp3) is 0.250. The van der Waals surface area contributed by atoms with Crippen LogP contribution in [0, 0.1) is 6.92 Å². The molecule has 0 saturated heterocycles. The predicted octanol–water partition coefficient (Wildman–Crippen LogP) is 1.10. The Hall–Kier alpha value is -2.02. The van der Waals surface area contributed by atoms with E-state index in [-0.39, 0.29) is 0 Å². The van der Waals surface area contributed by atoms with Crippen LogP contribution in [0.5, 0.6) is 0 Å². The third-order valence-electron chi connectivity index (χ3n) is 2.84. The number of aromatic nitrogens is 3. The SMILES string of the molecule is Cc1nnc(SCc2ccc(C(N)=O)cc2N)n1C. The molecule has 0 aliphatic heterocycles. The molecule has 0 unspecified atom stereocenters. The molecule has 0 radical (unpaired) electrons. The summed E-state index contributed by atoms with van der Waals surface area (Å²) in [6, 6.07) is 5.09. The Kier molecular flexibility index (Phi) is 3.75. The highest BCUT2D eigenvalue weighted by molar-refractivity contribution is 7.98. The smallest absolute Gasteiger partial charge is 0.248 e. The number of nitrogens with two attached hydrogens (primary N) is 2. The van der Waals surface area contributed by atoms with Crippen LogP contribution < -0.4 is 11.5 Å². The number of rotatable bonds is 4. The van der Waals surface area contributed by atoms with E-state index in [9.17, 15) is 4.79 Å². The van der Waals surface area contributed by atoms with Crippen molar-refractivity contribution < 1.29 is 4.79 Å². The standard InChI is InChI=1S/C12H15N5OS/c1-7-15-16-12(17(7)2)19-6-9-4-3-8(11(14)18)5-10(9)13/h3-5H,6,13H2,1-2H3,(H2,14,18). The monoisotopic (exact) mass is 277 g/mol. The Bertz CT molecular complexity index is 623. The van der Waals surface area contributed by atoms with Crippen molar-refractivity contribution in [2.24, 2.45) is 12.8 Å². The summed E-state index contributed by atoms with van der Waals surface area (Å²) in [7, 11) is 1.91. The minimum Gasteiger partial charge on any atom is -0.398 e. The molecule has 6 nitrogen and oxygen atoms in total. The Balaban J connectivity index is 2.12. The van der Waals surface area contributed by atoms with Crippen LogP contribution in [0.2, 0.25) is 0 Å². The molecule has 7 heteroatoms. The molecule has 0 aliphatic rings. The first-order valence-electron chi connectivity index (χ1n) is 5.66. The Morgan fingerprint density at radius 3 is 2.68 bits per heavy atom. The third-order valence-corrected chi connectivity index (χ3v) is 3.91. The molecule has 19 heavy (non-hydrogen) atoms. The zero-order chi connectivity index (χ0) is 14.0. The van der Waals surface area contributed by atoms with Gasteiger partial charge < -0.3 is 16.0 Å². The van der Waals surface area contributed by atoms with Gasteiger partial charge >= 0.3 is 0 Å². The zero-order valence-corrected chi connectivity index (χ0v) is 11.6. The molecular formula is C12H15N5OS. The van der Waals surface area contributed by atoms with Crippen molar-refractivity contribution in [2.75, 3.05) is 5.73 Å². The first kappa shape index (κ1) is 13.4. The highest BCUT2D eigenvalue weighted by atomic mass is 32.2. The van der Waals surface area contributed by atoms with E-state index in [0.29, 0.717) is 17.0 Å². The molecular weight excluding hydrogens is 262 g/mol. The lowest BCUT2D eigenvalue weighted by Crippen LogP contribution is -2.11. The summed E-state index contributed by atoms with van der Waals surface area (Å²) in [5.41, 5.74) is 13.0. The molecule has 1 aromatic carbocycles. The first-order chi connectivity index (χ1) is 8.99. The number of nitrogen functional groups attached to an aromatic ring is 1. The average molecular weight is 277 g/mol. The topological polar surface area (TPSA) is 99.8 Å². The molecule has 0 spiro atoms. The summed E-state index contributed by atoms with van der Waals surface area (Å²) in [5, 5.41) is 8.88. The first-order valence-corrected chi connectivity index (χ1v) is 6.64. The van der Waals surface area contributed by atoms with E-state index < -0.39 is 5.91 Å². The van der Waals surface area contributed by atoms with E-state index in [1.54, 1.807) is 23.9 Å². The second kappa shape index (κ2) is 5.31. The van der Waals surface area contributed by atoms with Gasteiger partial charge in [0.25, 0.3) is 0 Å². The van der Waals surface area contributed by atoms with Gasteiger partial charge in [-0.05, 0) is 24.6 Å². The molecule has 2 aromatic rings. The summed E-state index contributed by atoms with van der Waals surface area (Å²) >= 11 is 1.54. The van der Waals surface area contributed by atoms with Crippen molar-refractivity contribution in [1.82, 2.24) is 14.8 Å². The number of thioether (sulfide) groups is 1. The highest BCUT2D eigenvalue weighted by Gasteiger charge is 2.09. The molecule has 1 aromatic heterocycles. The van der Waals surface area contributed by atoms with Crippen molar-refractivity contribution in [3.63, 3.8) is 0 Å². The number of hydrogen-bond donors (Lipinski definition) is 2. The molecule has 0 fully saturated rings. The summed E-state index contributed by atoms with van der Waals surface area (Å²) in [4.78, 5) is 11.0. The average Bonchev–Trinajstić information content (AvgIpc) is 2.68. The minimum absolute atomic E-state index is 0.417. The normalized spacial score (nSPS) is 10.6. The van der Waals surface area contributed by atoms with Crippen LogP contribution in [0.25, 0.3) is 0 Å². The number of amides is 1. The fourth-order valence-corrected chi connectivity index (χ4v) is 2.51. The summed E-state index contributed by atoms with van der Waals surface area (Å²) in [6.07, 6.45) is 0. The van der Waals surface area contributed by atoms with Crippen LogP contribution in [-0.2, 0) is 12.8 Å². The van der Waals surface area contributed by atoms with Crippen molar-refractivity contribution >= 4 is 23.4 Å². The van der Waals surface area contributed by atoms with Gasteiger partial charge in [0.1, 0.15) is 5.82 Å². The maximum atomic E-state index is 11.0. The van der Waals surface area contributed by atoms with Gasteiger partial charge in [-0.25, -0.2) is 0 Å². The lowest BCUT2D eigenvalue weighted by molar-refractivity contribution is 0.100. The van der Waals surface area contributed by atoms with Gasteiger partial charge in [-0.1, -0.05) is 17.8 Å². The molecule has 1 heterocycles. The van der Waals surface area contributed by atoms with Crippen LogP contribution in [0.1, 0.15) is 21.7 Å². The van der Waals surface area contributed by atoms with Crippen LogP contribution in [-0.4, -0.2) is 20.7 Å². The van der Waals surface area contributed by atoms with E-state index in [1.165, 1.54) is 0 Å². The molecule has 0 atom stereocenters. The van der Waals surface area contributed by atoms with Crippen molar-refractivity contribution in [2.45, 2.75) is 17.8 Å². The number of nitrogens with zero attached hydrogens (tertiary/aromatic N) is 3. The van der Waals surface area contributed by atoms with Gasteiger partial charge in [-0.15, -0.1) is 10.2 Å². The Morgan fingerprint density at radius 2 is 2.16 bits per heavy atom. The van der Waals surface area contributed by atoms with Crippen LogP contribution in [0.15, 0.2) is 23.4 Å². The summed E-state index contributed by atoms with van der Waals surface area (Å²) < 4.78 is 1.92. The summed E-state index contributed by atoms with van der Waals surface area (Å²) in [5.74, 6) is 1.05. The highest BCUT2D eigenvalue weighted by Crippen LogP contribution is 2.24. The number of carbonyl (C=O) groups excluding carboxylic acids is 1. The molecule has 0 aliphatic carbocycles. The van der Waals surface area contributed by atoms with Crippen molar-refractivity contribution in [3.05, 3.63) is 35.2 Å². The van der Waals surface area contributed by atoms with Gasteiger partial charge in [0.15, 0.2) is 5.16 Å². The third kappa shape index (κ3) is 2.87. The number of anilines is 1. The van der Waals surface area contributed by atoms with Crippen LogP contribution in [0.4, 0.5) is 5.69 Å². The second-order valence-corrected chi connectivity index (χ2v) is 5.10. The van der Waals surface area contributed by atoms with Crippen LogP contribution in [0.3, 0.4) is 0 Å². The van der Waals surface area contributed by atoms with E-state index in [4.69, 9.17) is 11.5 Å². The van der Waals surface area contributed by atoms with E-state index in [2.05, 4.69) is 10.2 Å². The number of carbonyl (C=O) groups is 1. The molecule has 0 bridgehead atoms. The van der Waals surface area contributed by atoms with E-state index in [1.807, 2.05) is 24.6 Å². The largest absolute Gasteiger partial charge is 0.398 e. The second-order valence-electron chi connectivity index (χ2n) is 4.16. The van der Waals surface area contributed by atoms with Gasteiger partial charge in [0.2, 0.25) is 5.91 Å². The molecule has 2 rings (SSSR count). The Labute approximate surface area is 115 Å². The quantitative estimate of drug-likeness (QED) is 0.644. The number of benzene rings is 1. The molecule has 1 amide bonds. The number of hydrogen-bond acceptors (Lipinski definition) is 5. The summed E-state index contributed by atoms with van der Waals surface area (Å²) in [6.45, 7) is 1.90.